The second-order valence-corrected chi connectivity index (χ2v) is 7.54. The summed E-state index contributed by atoms with van der Waals surface area (Å²) in [4.78, 5) is 11.7. The van der Waals surface area contributed by atoms with Gasteiger partial charge in [0.15, 0.2) is 5.82 Å². The Hall–Kier alpha value is -1.93. The Kier molecular flexibility index (Phi) is 5.15. The number of rotatable bonds is 7. The maximum atomic E-state index is 11.7. The highest BCUT2D eigenvalue weighted by atomic mass is 32.2. The maximum Gasteiger partial charge on any atom is 0.272 e. The number of benzene rings is 1. The minimum Gasteiger partial charge on any atom is -0.368 e. The van der Waals surface area contributed by atoms with Crippen LogP contribution in [-0.4, -0.2) is 37.0 Å². The summed E-state index contributed by atoms with van der Waals surface area (Å²) in [7, 11) is -3.22. The molecule has 0 saturated heterocycles. The summed E-state index contributed by atoms with van der Waals surface area (Å²) in [5.74, 6) is 0.585. The first kappa shape index (κ1) is 16.4. The molecule has 1 heterocycles. The number of aromatic amines is 1. The predicted octanol–water partition coefficient (Wildman–Crippen LogP) is 1.05. The molecular weight excluding hydrogens is 304 g/mol. The number of hydrogen-bond donors (Lipinski definition) is 3. The second-order valence-electron chi connectivity index (χ2n) is 5.22. The number of aromatic nitrogens is 2. The van der Waals surface area contributed by atoms with Crippen LogP contribution in [-0.2, 0) is 10.0 Å². The van der Waals surface area contributed by atoms with Gasteiger partial charge in [-0.1, -0.05) is 18.2 Å². The molecule has 0 bridgehead atoms. The first-order chi connectivity index (χ1) is 10.4. The van der Waals surface area contributed by atoms with Gasteiger partial charge in [0.05, 0.1) is 10.6 Å². The topological polar surface area (TPSA) is 104 Å². The molecular formula is C14H20N4O3S. The third-order valence-corrected chi connectivity index (χ3v) is 5.11. The fourth-order valence-electron chi connectivity index (χ4n) is 1.93. The SMILES string of the molecule is CC(C)S(=O)(=O)NCCCNc1n[nH]c(=O)c2ccccc12. The van der Waals surface area contributed by atoms with Crippen molar-refractivity contribution in [1.82, 2.24) is 14.9 Å². The van der Waals surface area contributed by atoms with Crippen LogP contribution < -0.4 is 15.6 Å². The lowest BCUT2D eigenvalue weighted by molar-refractivity contribution is 0.571. The van der Waals surface area contributed by atoms with Crippen molar-refractivity contribution in [1.29, 1.82) is 0 Å². The number of anilines is 1. The highest BCUT2D eigenvalue weighted by molar-refractivity contribution is 7.90. The van der Waals surface area contributed by atoms with Crippen molar-refractivity contribution >= 4 is 26.6 Å². The van der Waals surface area contributed by atoms with Crippen molar-refractivity contribution < 1.29 is 8.42 Å². The van der Waals surface area contributed by atoms with E-state index in [2.05, 4.69) is 20.2 Å². The Balaban J connectivity index is 1.94. The largest absolute Gasteiger partial charge is 0.368 e. The molecule has 0 aliphatic heterocycles. The van der Waals surface area contributed by atoms with E-state index < -0.39 is 15.3 Å². The van der Waals surface area contributed by atoms with E-state index >= 15 is 0 Å². The van der Waals surface area contributed by atoms with Gasteiger partial charge in [0.2, 0.25) is 10.0 Å². The van der Waals surface area contributed by atoms with Gasteiger partial charge in [-0.2, -0.15) is 5.10 Å². The second kappa shape index (κ2) is 6.89. The molecule has 0 aliphatic rings. The van der Waals surface area contributed by atoms with Crippen molar-refractivity contribution in [3.05, 3.63) is 34.6 Å². The van der Waals surface area contributed by atoms with Crippen molar-refractivity contribution in [2.45, 2.75) is 25.5 Å². The lowest BCUT2D eigenvalue weighted by Crippen LogP contribution is -2.32. The van der Waals surface area contributed by atoms with Crippen LogP contribution in [0.1, 0.15) is 20.3 Å². The van der Waals surface area contributed by atoms with E-state index in [0.29, 0.717) is 30.7 Å². The van der Waals surface area contributed by atoms with Gasteiger partial charge in [-0.05, 0) is 26.3 Å². The molecule has 2 aromatic rings. The Morgan fingerprint density at radius 1 is 1.18 bits per heavy atom. The summed E-state index contributed by atoms with van der Waals surface area (Å²) in [5.41, 5.74) is -0.231. The van der Waals surface area contributed by atoms with Crippen LogP contribution in [0.5, 0.6) is 0 Å². The minimum absolute atomic E-state index is 0.231. The highest BCUT2D eigenvalue weighted by Gasteiger charge is 2.14. The number of nitrogens with zero attached hydrogens (tertiary/aromatic N) is 1. The molecule has 7 nitrogen and oxygen atoms in total. The van der Waals surface area contributed by atoms with Gasteiger partial charge in [0.1, 0.15) is 0 Å². The Morgan fingerprint density at radius 2 is 1.86 bits per heavy atom. The van der Waals surface area contributed by atoms with Crippen LogP contribution in [0.2, 0.25) is 0 Å². The van der Waals surface area contributed by atoms with Crippen LogP contribution in [0.4, 0.5) is 5.82 Å². The smallest absolute Gasteiger partial charge is 0.272 e. The van der Waals surface area contributed by atoms with Gasteiger partial charge < -0.3 is 5.32 Å². The summed E-state index contributed by atoms with van der Waals surface area (Å²) < 4.78 is 25.7. The maximum absolute atomic E-state index is 11.7. The molecule has 120 valence electrons. The minimum atomic E-state index is -3.22. The predicted molar refractivity (Wildman–Crippen MR) is 87.5 cm³/mol. The summed E-state index contributed by atoms with van der Waals surface area (Å²) >= 11 is 0. The molecule has 0 amide bonds. The summed E-state index contributed by atoms with van der Waals surface area (Å²) in [5, 5.41) is 10.4. The van der Waals surface area contributed by atoms with E-state index in [0.717, 1.165) is 5.39 Å². The molecule has 0 spiro atoms. The van der Waals surface area contributed by atoms with Gasteiger partial charge in [-0.3, -0.25) is 4.79 Å². The molecule has 2 rings (SSSR count). The van der Waals surface area contributed by atoms with Crippen LogP contribution in [0, 0.1) is 0 Å². The zero-order chi connectivity index (χ0) is 16.2. The number of fused-ring (bicyclic) bond motifs is 1. The summed E-state index contributed by atoms with van der Waals surface area (Å²) in [6.45, 7) is 4.17. The number of nitrogens with one attached hydrogen (secondary N) is 3. The molecule has 0 radical (unpaired) electrons. The Bertz CT molecular complexity index is 799. The number of H-pyrrole nitrogens is 1. The fraction of sp³-hybridized carbons (Fsp3) is 0.429. The zero-order valence-electron chi connectivity index (χ0n) is 12.6. The third-order valence-electron chi connectivity index (χ3n) is 3.27. The monoisotopic (exact) mass is 324 g/mol. The van der Waals surface area contributed by atoms with Gasteiger partial charge in [0.25, 0.3) is 5.56 Å². The molecule has 0 aliphatic carbocycles. The lowest BCUT2D eigenvalue weighted by atomic mass is 10.2. The standard InChI is InChI=1S/C14H20N4O3S/c1-10(2)22(20,21)16-9-5-8-15-13-11-6-3-4-7-12(11)14(19)18-17-13/h3-4,6-7,10,16H,5,8-9H2,1-2H3,(H,15,17)(H,18,19). The average molecular weight is 324 g/mol. The molecule has 0 fully saturated rings. The van der Waals surface area contributed by atoms with Crippen molar-refractivity contribution in [2.75, 3.05) is 18.4 Å². The molecule has 1 aromatic heterocycles. The van der Waals surface area contributed by atoms with Crippen LogP contribution in [0.3, 0.4) is 0 Å². The van der Waals surface area contributed by atoms with E-state index in [-0.39, 0.29) is 5.56 Å². The van der Waals surface area contributed by atoms with Crippen molar-refractivity contribution in [3.63, 3.8) is 0 Å². The van der Waals surface area contributed by atoms with Crippen LogP contribution in [0.15, 0.2) is 29.1 Å². The highest BCUT2D eigenvalue weighted by Crippen LogP contribution is 2.16. The lowest BCUT2D eigenvalue weighted by Gasteiger charge is -2.10. The zero-order valence-corrected chi connectivity index (χ0v) is 13.4. The normalized spacial score (nSPS) is 12.0. The molecule has 8 heteroatoms. The van der Waals surface area contributed by atoms with Gasteiger partial charge in [0, 0.05) is 18.5 Å². The third kappa shape index (κ3) is 3.83. The van der Waals surface area contributed by atoms with Gasteiger partial charge in [-0.25, -0.2) is 18.2 Å². The van der Waals surface area contributed by atoms with E-state index in [4.69, 9.17) is 0 Å². The van der Waals surface area contributed by atoms with E-state index in [1.807, 2.05) is 12.1 Å². The van der Waals surface area contributed by atoms with Crippen LogP contribution in [0.25, 0.3) is 10.8 Å². The molecule has 0 atom stereocenters. The number of hydrogen-bond acceptors (Lipinski definition) is 5. The first-order valence-electron chi connectivity index (χ1n) is 7.11. The summed E-state index contributed by atoms with van der Waals surface area (Å²) in [6.07, 6.45) is 0.612. The van der Waals surface area contributed by atoms with Crippen molar-refractivity contribution in [3.8, 4) is 0 Å². The van der Waals surface area contributed by atoms with Crippen LogP contribution >= 0.6 is 0 Å². The molecule has 0 saturated carbocycles. The van der Waals surface area contributed by atoms with E-state index in [1.54, 1.807) is 26.0 Å². The molecule has 3 N–H and O–H groups in total. The van der Waals surface area contributed by atoms with E-state index in [9.17, 15) is 13.2 Å². The Labute approximate surface area is 129 Å². The molecule has 1 aromatic carbocycles. The average Bonchev–Trinajstić information content (AvgIpc) is 2.49. The van der Waals surface area contributed by atoms with Gasteiger partial charge >= 0.3 is 0 Å². The quantitative estimate of drug-likeness (QED) is 0.661. The summed E-state index contributed by atoms with van der Waals surface area (Å²) in [6, 6.07) is 7.19. The van der Waals surface area contributed by atoms with Gasteiger partial charge in [-0.15, -0.1) is 0 Å². The Morgan fingerprint density at radius 3 is 2.55 bits per heavy atom. The molecule has 0 unspecified atom stereocenters. The van der Waals surface area contributed by atoms with Crippen molar-refractivity contribution in [2.24, 2.45) is 0 Å². The molecule has 22 heavy (non-hydrogen) atoms. The fourth-order valence-corrected chi connectivity index (χ4v) is 2.69. The first-order valence-corrected chi connectivity index (χ1v) is 8.66. The number of sulfonamides is 1. The van der Waals surface area contributed by atoms with E-state index in [1.165, 1.54) is 0 Å².